The van der Waals surface area contributed by atoms with Gasteiger partial charge in [-0.25, -0.2) is 0 Å². The number of unbranched alkanes of at least 4 members (excludes halogenated alkanes) is 1. The summed E-state index contributed by atoms with van der Waals surface area (Å²) in [6.07, 6.45) is 3.48. The number of phenolic OH excluding ortho intramolecular Hbond substituents is 1. The predicted octanol–water partition coefficient (Wildman–Crippen LogP) is 0.674. The summed E-state index contributed by atoms with van der Waals surface area (Å²) >= 11 is 0. The highest BCUT2D eigenvalue weighted by Gasteiger charge is 2.29. The van der Waals surface area contributed by atoms with E-state index in [4.69, 9.17) is 11.5 Å². The van der Waals surface area contributed by atoms with Crippen LogP contribution in [0.3, 0.4) is 0 Å². The number of phenols is 1. The van der Waals surface area contributed by atoms with Gasteiger partial charge in [-0.15, -0.1) is 0 Å². The molecule has 41 heavy (non-hydrogen) atoms. The van der Waals surface area contributed by atoms with Crippen molar-refractivity contribution in [3.63, 3.8) is 0 Å². The van der Waals surface area contributed by atoms with Crippen LogP contribution < -0.4 is 27.4 Å². The molecule has 3 amide bonds. The summed E-state index contributed by atoms with van der Waals surface area (Å²) < 4.78 is 0. The van der Waals surface area contributed by atoms with Gasteiger partial charge in [0.05, 0.1) is 6.04 Å². The molecule has 0 radical (unpaired) electrons. The molecule has 2 aromatic carbocycles. The van der Waals surface area contributed by atoms with Crippen molar-refractivity contribution in [3.05, 3.63) is 65.9 Å². The van der Waals surface area contributed by atoms with Crippen LogP contribution in [0.4, 0.5) is 0 Å². The first-order valence-electron chi connectivity index (χ1n) is 13.5. The first kappa shape index (κ1) is 31.1. The van der Waals surface area contributed by atoms with E-state index < -0.39 is 47.9 Å². The number of carboxylic acid groups (broad SMARTS) is 1. The number of carboxylic acids is 1. The molecule has 0 fully saturated rings. The molecule has 220 valence electrons. The number of amides is 3. The smallest absolute Gasteiger partial charge is 0.325 e. The topological polar surface area (TPSA) is 213 Å². The number of aliphatic carboxylic acids is 1. The van der Waals surface area contributed by atoms with Crippen LogP contribution in [0.15, 0.2) is 54.7 Å². The summed E-state index contributed by atoms with van der Waals surface area (Å²) in [6, 6.07) is 9.42. The maximum absolute atomic E-state index is 13.4. The van der Waals surface area contributed by atoms with Gasteiger partial charge >= 0.3 is 5.97 Å². The Morgan fingerprint density at radius 3 is 2.22 bits per heavy atom. The summed E-state index contributed by atoms with van der Waals surface area (Å²) in [5.74, 6) is -3.04. The van der Waals surface area contributed by atoms with Crippen molar-refractivity contribution in [1.82, 2.24) is 20.9 Å². The molecule has 3 rings (SSSR count). The lowest BCUT2D eigenvalue weighted by atomic mass is 10.0. The number of aromatic nitrogens is 1. The molecule has 12 nitrogen and oxygen atoms in total. The summed E-state index contributed by atoms with van der Waals surface area (Å²) in [5, 5.41) is 27.5. The van der Waals surface area contributed by atoms with Crippen molar-refractivity contribution in [2.75, 3.05) is 6.54 Å². The summed E-state index contributed by atoms with van der Waals surface area (Å²) in [4.78, 5) is 54.0. The first-order chi connectivity index (χ1) is 19.6. The Kier molecular flexibility index (Phi) is 11.2. The van der Waals surface area contributed by atoms with Gasteiger partial charge in [-0.2, -0.15) is 0 Å². The third-order valence-corrected chi connectivity index (χ3v) is 6.77. The Bertz CT molecular complexity index is 1340. The Balaban J connectivity index is 1.74. The number of carbonyl (C=O) groups is 4. The molecule has 0 saturated carbocycles. The number of hydrogen-bond donors (Lipinski definition) is 8. The zero-order valence-corrected chi connectivity index (χ0v) is 22.9. The van der Waals surface area contributed by atoms with Gasteiger partial charge in [0.1, 0.15) is 23.9 Å². The SMILES string of the molecule is CC(NC(=O)C(Cc1ccc(O)cc1)NC(=O)C(CCCCN)NC(=O)C(N)Cc1c[nH]c2ccccc12)C(=O)O. The highest BCUT2D eigenvalue weighted by atomic mass is 16.4. The Labute approximate surface area is 237 Å². The molecule has 10 N–H and O–H groups in total. The Morgan fingerprint density at radius 1 is 0.878 bits per heavy atom. The van der Waals surface area contributed by atoms with Gasteiger partial charge in [-0.3, -0.25) is 19.2 Å². The standard InChI is InChI=1S/C29H38N6O6/c1-17(29(40)41)33-28(39)25(14-18-9-11-20(36)12-10-18)35-27(38)24(8-4-5-13-30)34-26(37)22(31)15-19-16-32-23-7-3-2-6-21(19)23/h2-3,6-7,9-12,16-17,22,24-25,32,36H,4-5,8,13-15,30-31H2,1H3,(H,33,39)(H,34,37)(H,35,38)(H,40,41). The molecule has 0 aliphatic heterocycles. The van der Waals surface area contributed by atoms with Crippen molar-refractivity contribution in [2.24, 2.45) is 11.5 Å². The van der Waals surface area contributed by atoms with E-state index in [1.165, 1.54) is 19.1 Å². The molecule has 0 spiro atoms. The van der Waals surface area contributed by atoms with Crippen molar-refractivity contribution in [2.45, 2.75) is 63.2 Å². The van der Waals surface area contributed by atoms with Gasteiger partial charge in [0, 0.05) is 23.5 Å². The molecule has 0 aliphatic carbocycles. The molecule has 3 aromatic rings. The van der Waals surface area contributed by atoms with Crippen LogP contribution in [0.25, 0.3) is 10.9 Å². The third kappa shape index (κ3) is 9.05. The highest BCUT2D eigenvalue weighted by Crippen LogP contribution is 2.19. The van der Waals surface area contributed by atoms with E-state index in [2.05, 4.69) is 20.9 Å². The van der Waals surface area contributed by atoms with Crippen molar-refractivity contribution in [3.8, 4) is 5.75 Å². The lowest BCUT2D eigenvalue weighted by molar-refractivity contribution is -0.141. The van der Waals surface area contributed by atoms with E-state index in [1.54, 1.807) is 18.3 Å². The van der Waals surface area contributed by atoms with Crippen LogP contribution in [0.1, 0.15) is 37.3 Å². The second kappa shape index (κ2) is 14.8. The Morgan fingerprint density at radius 2 is 1.54 bits per heavy atom. The molecule has 1 heterocycles. The van der Waals surface area contributed by atoms with E-state index in [0.717, 1.165) is 16.5 Å². The zero-order chi connectivity index (χ0) is 29.9. The number of para-hydroxylation sites is 1. The minimum absolute atomic E-state index is 0.0216. The number of rotatable bonds is 15. The molecule has 0 saturated heterocycles. The molecule has 4 unspecified atom stereocenters. The van der Waals surface area contributed by atoms with Crippen molar-refractivity contribution in [1.29, 1.82) is 0 Å². The van der Waals surface area contributed by atoms with Crippen LogP contribution in [-0.2, 0) is 32.0 Å². The average Bonchev–Trinajstić information content (AvgIpc) is 3.35. The van der Waals surface area contributed by atoms with E-state index in [1.807, 2.05) is 24.3 Å². The number of fused-ring (bicyclic) bond motifs is 1. The number of nitrogens with one attached hydrogen (secondary N) is 4. The molecular weight excluding hydrogens is 528 g/mol. The fraction of sp³-hybridized carbons (Fsp3) is 0.379. The number of aromatic amines is 1. The van der Waals surface area contributed by atoms with Crippen molar-refractivity contribution >= 4 is 34.6 Å². The maximum Gasteiger partial charge on any atom is 0.325 e. The molecule has 0 aliphatic rings. The van der Waals surface area contributed by atoms with E-state index in [-0.39, 0.29) is 25.0 Å². The van der Waals surface area contributed by atoms with Crippen LogP contribution >= 0.6 is 0 Å². The number of H-pyrrole nitrogens is 1. The minimum Gasteiger partial charge on any atom is -0.508 e. The van der Waals surface area contributed by atoms with E-state index >= 15 is 0 Å². The second-order valence-electron chi connectivity index (χ2n) is 10.0. The molecule has 4 atom stereocenters. The largest absolute Gasteiger partial charge is 0.508 e. The number of nitrogens with two attached hydrogens (primary N) is 2. The lowest BCUT2D eigenvalue weighted by Crippen LogP contribution is -2.57. The molecule has 12 heteroatoms. The van der Waals surface area contributed by atoms with Gasteiger partial charge in [-0.1, -0.05) is 30.3 Å². The average molecular weight is 567 g/mol. The zero-order valence-electron chi connectivity index (χ0n) is 22.9. The van der Waals surface area contributed by atoms with Gasteiger partial charge in [0.25, 0.3) is 0 Å². The third-order valence-electron chi connectivity index (χ3n) is 6.77. The van der Waals surface area contributed by atoms with Crippen LogP contribution in [0.2, 0.25) is 0 Å². The monoisotopic (exact) mass is 566 g/mol. The first-order valence-corrected chi connectivity index (χ1v) is 13.5. The van der Waals surface area contributed by atoms with Crippen LogP contribution in [0, 0.1) is 0 Å². The fourth-order valence-electron chi connectivity index (χ4n) is 4.40. The number of hydrogen-bond acceptors (Lipinski definition) is 7. The number of benzene rings is 2. The molecule has 1 aromatic heterocycles. The summed E-state index contributed by atoms with van der Waals surface area (Å²) in [7, 11) is 0. The van der Waals surface area contributed by atoms with Gasteiger partial charge in [0.2, 0.25) is 17.7 Å². The summed E-state index contributed by atoms with van der Waals surface area (Å²) in [5.41, 5.74) is 14.3. The minimum atomic E-state index is -1.23. The summed E-state index contributed by atoms with van der Waals surface area (Å²) in [6.45, 7) is 1.71. The van der Waals surface area contributed by atoms with Gasteiger partial charge < -0.3 is 42.6 Å². The normalized spacial score (nSPS) is 14.0. The fourth-order valence-corrected chi connectivity index (χ4v) is 4.40. The van der Waals surface area contributed by atoms with Crippen LogP contribution in [-0.4, -0.2) is 69.6 Å². The van der Waals surface area contributed by atoms with E-state index in [9.17, 15) is 29.4 Å². The number of carbonyl (C=O) groups excluding carboxylic acids is 3. The molecule has 0 bridgehead atoms. The Hall–Kier alpha value is -4.42. The maximum atomic E-state index is 13.4. The second-order valence-corrected chi connectivity index (χ2v) is 10.0. The van der Waals surface area contributed by atoms with Gasteiger partial charge in [0.15, 0.2) is 0 Å². The quantitative estimate of drug-likeness (QED) is 0.122. The van der Waals surface area contributed by atoms with E-state index in [0.29, 0.717) is 24.9 Å². The van der Waals surface area contributed by atoms with Crippen molar-refractivity contribution < 1.29 is 29.4 Å². The highest BCUT2D eigenvalue weighted by molar-refractivity contribution is 5.94. The van der Waals surface area contributed by atoms with Crippen LogP contribution in [0.5, 0.6) is 5.75 Å². The van der Waals surface area contributed by atoms with Gasteiger partial charge in [-0.05, 0) is 68.5 Å². The predicted molar refractivity (Wildman–Crippen MR) is 154 cm³/mol. The molecular formula is C29H38N6O6. The number of aromatic hydroxyl groups is 1. The lowest BCUT2D eigenvalue weighted by Gasteiger charge is -2.25.